The summed E-state index contributed by atoms with van der Waals surface area (Å²) >= 11 is 1.40. The van der Waals surface area contributed by atoms with Gasteiger partial charge < -0.3 is 10.6 Å². The summed E-state index contributed by atoms with van der Waals surface area (Å²) in [5.41, 5.74) is 6.64. The molecule has 4 amide bonds. The number of hydrazine groups is 1. The minimum atomic E-state index is -0.516. The van der Waals surface area contributed by atoms with Crippen LogP contribution in [0, 0.1) is 6.92 Å². The maximum atomic E-state index is 12.0. The lowest BCUT2D eigenvalue weighted by atomic mass is 10.2. The maximum Gasteiger partial charge on any atom is 0.315 e. The second kappa shape index (κ2) is 9.57. The molecule has 0 fully saturated rings. The Kier molecular flexibility index (Phi) is 7.16. The Bertz CT molecular complexity index is 774. The maximum absolute atomic E-state index is 12.0. The van der Waals surface area contributed by atoms with E-state index in [9.17, 15) is 14.4 Å². The smallest absolute Gasteiger partial charge is 0.315 e. The van der Waals surface area contributed by atoms with Gasteiger partial charge in [0, 0.05) is 11.4 Å². The van der Waals surface area contributed by atoms with Gasteiger partial charge in [0.05, 0.1) is 4.88 Å². The molecule has 0 radical (unpaired) electrons. The summed E-state index contributed by atoms with van der Waals surface area (Å²) in [5.74, 6) is -0.892. The van der Waals surface area contributed by atoms with Crippen molar-refractivity contribution < 1.29 is 14.4 Å². The first-order valence-corrected chi connectivity index (χ1v) is 9.05. The summed E-state index contributed by atoms with van der Waals surface area (Å²) in [6.07, 6.45) is 0.859. The van der Waals surface area contributed by atoms with Crippen molar-refractivity contribution in [2.75, 3.05) is 6.54 Å². The van der Waals surface area contributed by atoms with Crippen molar-refractivity contribution in [2.45, 2.75) is 26.8 Å². The minimum Gasteiger partial charge on any atom is -0.334 e. The Morgan fingerprint density at radius 1 is 1.04 bits per heavy atom. The number of rotatable bonds is 6. The van der Waals surface area contributed by atoms with Crippen LogP contribution in [0.25, 0.3) is 0 Å². The second-order valence-corrected chi connectivity index (χ2v) is 6.73. The van der Waals surface area contributed by atoms with E-state index in [0.29, 0.717) is 11.4 Å². The van der Waals surface area contributed by atoms with Gasteiger partial charge in [-0.15, -0.1) is 11.3 Å². The molecule has 138 valence electrons. The number of hydrogen-bond donors (Lipinski definition) is 4. The molecule has 8 heteroatoms. The Morgan fingerprint density at radius 2 is 1.77 bits per heavy atom. The average Bonchev–Trinajstić information content (AvgIpc) is 3.04. The third-order valence-corrected chi connectivity index (χ3v) is 4.97. The Labute approximate surface area is 156 Å². The van der Waals surface area contributed by atoms with Gasteiger partial charge in [0.15, 0.2) is 0 Å². The van der Waals surface area contributed by atoms with E-state index in [1.807, 2.05) is 44.2 Å². The van der Waals surface area contributed by atoms with Crippen LogP contribution in [0.3, 0.4) is 0 Å². The second-order valence-electron chi connectivity index (χ2n) is 5.59. The van der Waals surface area contributed by atoms with E-state index in [-0.39, 0.29) is 12.5 Å². The molecule has 2 rings (SSSR count). The molecule has 0 aliphatic rings. The molecule has 0 aliphatic carbocycles. The highest BCUT2D eigenvalue weighted by molar-refractivity contribution is 7.14. The zero-order chi connectivity index (χ0) is 18.9. The van der Waals surface area contributed by atoms with E-state index >= 15 is 0 Å². The van der Waals surface area contributed by atoms with Crippen LogP contribution >= 0.6 is 11.3 Å². The van der Waals surface area contributed by atoms with Crippen LogP contribution < -0.4 is 21.5 Å². The Morgan fingerprint density at radius 3 is 2.42 bits per heavy atom. The quantitative estimate of drug-likeness (QED) is 0.581. The summed E-state index contributed by atoms with van der Waals surface area (Å²) in [5, 5.41) is 5.07. The molecule has 0 saturated carbocycles. The highest BCUT2D eigenvalue weighted by Gasteiger charge is 2.12. The third kappa shape index (κ3) is 5.89. The van der Waals surface area contributed by atoms with Crippen LogP contribution in [-0.2, 0) is 17.8 Å². The zero-order valence-electron chi connectivity index (χ0n) is 14.7. The number of aryl methyl sites for hydroxylation is 2. The van der Waals surface area contributed by atoms with Crippen molar-refractivity contribution in [3.63, 3.8) is 0 Å². The fourth-order valence-corrected chi connectivity index (χ4v) is 3.23. The first-order chi connectivity index (χ1) is 12.5. The number of carbonyl (C=O) groups excluding carboxylic acids is 3. The summed E-state index contributed by atoms with van der Waals surface area (Å²) in [4.78, 5) is 37.1. The van der Waals surface area contributed by atoms with Gasteiger partial charge in [0.1, 0.15) is 6.54 Å². The average molecular weight is 374 g/mol. The number of urea groups is 1. The van der Waals surface area contributed by atoms with E-state index in [2.05, 4.69) is 21.5 Å². The summed E-state index contributed by atoms with van der Waals surface area (Å²) < 4.78 is 0. The van der Waals surface area contributed by atoms with Gasteiger partial charge in [-0.1, -0.05) is 37.3 Å². The Balaban J connectivity index is 1.68. The molecule has 1 aromatic heterocycles. The summed E-state index contributed by atoms with van der Waals surface area (Å²) in [6, 6.07) is 10.8. The monoisotopic (exact) mass is 374 g/mol. The van der Waals surface area contributed by atoms with Crippen molar-refractivity contribution in [3.8, 4) is 0 Å². The molecule has 1 aromatic carbocycles. The number of thiophene rings is 1. The number of amides is 4. The van der Waals surface area contributed by atoms with Crippen LogP contribution in [0.4, 0.5) is 4.79 Å². The van der Waals surface area contributed by atoms with Gasteiger partial charge in [-0.25, -0.2) is 4.79 Å². The third-order valence-electron chi connectivity index (χ3n) is 3.59. The normalized spacial score (nSPS) is 10.1. The van der Waals surface area contributed by atoms with E-state index in [0.717, 1.165) is 22.4 Å². The number of benzene rings is 1. The summed E-state index contributed by atoms with van der Waals surface area (Å²) in [6.45, 7) is 4.09. The van der Waals surface area contributed by atoms with Crippen LogP contribution in [-0.4, -0.2) is 24.4 Å². The standard InChI is InChI=1S/C18H22N4O3S/c1-3-14-12(2)9-15(26-14)17(24)22-21-16(23)11-20-18(25)19-10-13-7-5-4-6-8-13/h4-9H,3,10-11H2,1-2H3,(H,21,23)(H,22,24)(H2,19,20,25). The molecule has 0 bridgehead atoms. The molecule has 0 atom stereocenters. The largest absolute Gasteiger partial charge is 0.334 e. The lowest BCUT2D eigenvalue weighted by Gasteiger charge is -2.09. The van der Waals surface area contributed by atoms with Crippen molar-refractivity contribution in [1.82, 2.24) is 21.5 Å². The van der Waals surface area contributed by atoms with Crippen molar-refractivity contribution in [1.29, 1.82) is 0 Å². The predicted octanol–water partition coefficient (Wildman–Crippen LogP) is 1.88. The van der Waals surface area contributed by atoms with Crippen LogP contribution in [0.15, 0.2) is 36.4 Å². The minimum absolute atomic E-state index is 0.245. The lowest BCUT2D eigenvalue weighted by Crippen LogP contribution is -2.47. The van der Waals surface area contributed by atoms with Gasteiger partial charge in [-0.2, -0.15) is 0 Å². The van der Waals surface area contributed by atoms with E-state index in [1.165, 1.54) is 11.3 Å². The van der Waals surface area contributed by atoms with Gasteiger partial charge in [0.25, 0.3) is 11.8 Å². The molecular weight excluding hydrogens is 352 g/mol. The highest BCUT2D eigenvalue weighted by Crippen LogP contribution is 2.21. The molecule has 2 aromatic rings. The number of carbonyl (C=O) groups is 3. The highest BCUT2D eigenvalue weighted by atomic mass is 32.1. The van der Waals surface area contributed by atoms with Crippen molar-refractivity contribution in [2.24, 2.45) is 0 Å². The molecule has 1 heterocycles. The van der Waals surface area contributed by atoms with Gasteiger partial charge in [0.2, 0.25) is 0 Å². The lowest BCUT2D eigenvalue weighted by molar-refractivity contribution is -0.120. The molecule has 7 nitrogen and oxygen atoms in total. The van der Waals surface area contributed by atoms with Gasteiger partial charge >= 0.3 is 6.03 Å². The van der Waals surface area contributed by atoms with E-state index < -0.39 is 11.9 Å². The first kappa shape index (κ1) is 19.5. The number of nitrogens with one attached hydrogen (secondary N) is 4. The first-order valence-electron chi connectivity index (χ1n) is 8.23. The fraction of sp³-hybridized carbons (Fsp3) is 0.278. The van der Waals surface area contributed by atoms with E-state index in [4.69, 9.17) is 0 Å². The molecular formula is C18H22N4O3S. The molecule has 26 heavy (non-hydrogen) atoms. The van der Waals surface area contributed by atoms with Crippen LogP contribution in [0.5, 0.6) is 0 Å². The van der Waals surface area contributed by atoms with Gasteiger partial charge in [-0.05, 0) is 30.5 Å². The fourth-order valence-electron chi connectivity index (χ4n) is 2.22. The van der Waals surface area contributed by atoms with Crippen molar-refractivity contribution in [3.05, 3.63) is 57.3 Å². The molecule has 0 spiro atoms. The van der Waals surface area contributed by atoms with Gasteiger partial charge in [-0.3, -0.25) is 20.4 Å². The molecule has 4 N–H and O–H groups in total. The Hall–Kier alpha value is -2.87. The number of hydrogen-bond acceptors (Lipinski definition) is 4. The predicted molar refractivity (Wildman–Crippen MR) is 101 cm³/mol. The molecule has 0 unspecified atom stereocenters. The van der Waals surface area contributed by atoms with Crippen LogP contribution in [0.2, 0.25) is 0 Å². The summed E-state index contributed by atoms with van der Waals surface area (Å²) in [7, 11) is 0. The topological polar surface area (TPSA) is 99.3 Å². The SMILES string of the molecule is CCc1sc(C(=O)NNC(=O)CNC(=O)NCc2ccccc2)cc1C. The molecule has 0 saturated heterocycles. The van der Waals surface area contributed by atoms with Crippen LogP contribution in [0.1, 0.15) is 32.6 Å². The zero-order valence-corrected chi connectivity index (χ0v) is 15.5. The molecule has 0 aliphatic heterocycles. The van der Waals surface area contributed by atoms with E-state index in [1.54, 1.807) is 6.07 Å². The van der Waals surface area contributed by atoms with Crippen molar-refractivity contribution >= 4 is 29.2 Å².